The second kappa shape index (κ2) is 11.1. The van der Waals surface area contributed by atoms with Gasteiger partial charge in [-0.3, -0.25) is 4.79 Å². The first-order valence-corrected chi connectivity index (χ1v) is 13.5. The molecule has 0 N–H and O–H groups in total. The fourth-order valence-corrected chi connectivity index (χ4v) is 5.35. The van der Waals surface area contributed by atoms with Gasteiger partial charge in [0.15, 0.2) is 17.4 Å². The maximum atomic E-state index is 14.7. The normalized spacial score (nSPS) is 18.9. The summed E-state index contributed by atoms with van der Waals surface area (Å²) < 4.78 is 54.9. The topological polar surface area (TPSA) is 105 Å². The maximum Gasteiger partial charge on any atom is 0.341 e. The van der Waals surface area contributed by atoms with Crippen molar-refractivity contribution in [2.45, 2.75) is 32.4 Å². The number of aromatic nitrogens is 3. The Morgan fingerprint density at radius 2 is 1.71 bits per heavy atom. The Bertz CT molecular complexity index is 1550. The molecule has 1 aromatic carbocycles. The number of benzene rings is 1. The molecule has 2 fully saturated rings. The van der Waals surface area contributed by atoms with Crippen LogP contribution in [0.3, 0.4) is 0 Å². The number of hydrazone groups is 1. The van der Waals surface area contributed by atoms with E-state index in [1.807, 2.05) is 0 Å². The molecular formula is C28H28F3N7O4. The molecule has 2 aromatic heterocycles. The van der Waals surface area contributed by atoms with Gasteiger partial charge in [0, 0.05) is 37.9 Å². The van der Waals surface area contributed by atoms with Crippen LogP contribution < -0.4 is 4.74 Å². The first kappa shape index (κ1) is 27.7. The highest BCUT2D eigenvalue weighted by atomic mass is 19.1. The van der Waals surface area contributed by atoms with Crippen molar-refractivity contribution in [2.75, 3.05) is 39.4 Å². The van der Waals surface area contributed by atoms with Crippen LogP contribution in [-0.4, -0.2) is 93.2 Å². The summed E-state index contributed by atoms with van der Waals surface area (Å²) in [6.07, 6.45) is 2.36. The quantitative estimate of drug-likeness (QED) is 0.456. The molecule has 42 heavy (non-hydrogen) atoms. The van der Waals surface area contributed by atoms with E-state index in [0.717, 1.165) is 12.3 Å². The smallest absolute Gasteiger partial charge is 0.341 e. The monoisotopic (exact) mass is 583 g/mol. The third-order valence-electron chi connectivity index (χ3n) is 7.53. The lowest BCUT2D eigenvalue weighted by Crippen LogP contribution is -2.58. The Balaban J connectivity index is 1.12. The molecule has 14 heteroatoms. The van der Waals surface area contributed by atoms with E-state index in [2.05, 4.69) is 15.2 Å². The van der Waals surface area contributed by atoms with Crippen molar-refractivity contribution >= 4 is 18.2 Å². The van der Waals surface area contributed by atoms with Crippen LogP contribution in [0, 0.1) is 31.3 Å². The molecule has 0 spiro atoms. The molecule has 5 heterocycles. The highest BCUT2D eigenvalue weighted by Gasteiger charge is 2.39. The summed E-state index contributed by atoms with van der Waals surface area (Å²) in [6.45, 7) is 5.73. The summed E-state index contributed by atoms with van der Waals surface area (Å²) in [5.74, 6) is -2.10. The number of carbonyl (C=O) groups is 2. The average molecular weight is 584 g/mol. The van der Waals surface area contributed by atoms with Gasteiger partial charge in [0.1, 0.15) is 17.7 Å². The number of rotatable bonds is 5. The van der Waals surface area contributed by atoms with Gasteiger partial charge in [-0.05, 0) is 31.5 Å². The number of urea groups is 1. The fourth-order valence-electron chi connectivity index (χ4n) is 5.35. The summed E-state index contributed by atoms with van der Waals surface area (Å²) in [5, 5.41) is 9.77. The molecule has 0 aliphatic carbocycles. The van der Waals surface area contributed by atoms with Crippen LogP contribution >= 0.6 is 0 Å². The Kier molecular flexibility index (Phi) is 7.31. The third kappa shape index (κ3) is 5.17. The van der Waals surface area contributed by atoms with Crippen molar-refractivity contribution < 1.29 is 32.2 Å². The number of carbonyl (C=O) groups excluding carboxylic acids is 2. The van der Waals surface area contributed by atoms with Crippen molar-refractivity contribution in [1.82, 2.24) is 29.6 Å². The summed E-state index contributed by atoms with van der Waals surface area (Å²) in [6, 6.07) is 3.45. The average Bonchev–Trinajstić information content (AvgIpc) is 3.55. The zero-order valence-corrected chi connectivity index (χ0v) is 23.0. The fraction of sp³-hybridized carbons (Fsp3) is 0.393. The van der Waals surface area contributed by atoms with E-state index in [1.165, 1.54) is 39.0 Å². The number of morpholine rings is 1. The molecular weight excluding hydrogens is 555 g/mol. The number of amides is 3. The number of halogens is 3. The highest BCUT2D eigenvalue weighted by molar-refractivity contribution is 5.96. The Morgan fingerprint density at radius 1 is 1.00 bits per heavy atom. The van der Waals surface area contributed by atoms with Gasteiger partial charge < -0.3 is 19.3 Å². The molecule has 3 aliphatic rings. The van der Waals surface area contributed by atoms with Crippen LogP contribution in [0.25, 0.3) is 5.82 Å². The molecule has 6 rings (SSSR count). The van der Waals surface area contributed by atoms with E-state index in [1.54, 1.807) is 18.7 Å². The number of hydrogen-bond donors (Lipinski definition) is 0. The van der Waals surface area contributed by atoms with Gasteiger partial charge in [0.25, 0.3) is 5.91 Å². The minimum Gasteiger partial charge on any atom is -0.483 e. The van der Waals surface area contributed by atoms with E-state index in [-0.39, 0.29) is 30.6 Å². The third-order valence-corrected chi connectivity index (χ3v) is 7.53. The van der Waals surface area contributed by atoms with Crippen molar-refractivity contribution in [3.05, 3.63) is 70.4 Å². The maximum absolute atomic E-state index is 14.7. The minimum atomic E-state index is -0.735. The van der Waals surface area contributed by atoms with Crippen molar-refractivity contribution in [2.24, 2.45) is 5.10 Å². The standard InChI is InChI=1S/C28H28F3N7O4/c1-16-26(27(39)35-5-7-41-8-6-35)17(2)37(34-16)25-12-24(22(31)13-32-25)42-21-14-36(15-21)28(40)38-23(3-4-33-38)18-9-19(29)11-20(30)10-18/h4,9-13,21,23H,3,5-8,14-15H2,1-2H3. The van der Waals surface area contributed by atoms with Crippen LogP contribution in [0.1, 0.15) is 39.8 Å². The summed E-state index contributed by atoms with van der Waals surface area (Å²) in [5.41, 5.74) is 1.85. The van der Waals surface area contributed by atoms with Crippen molar-refractivity contribution in [3.63, 3.8) is 0 Å². The van der Waals surface area contributed by atoms with Gasteiger partial charge in [-0.25, -0.2) is 32.6 Å². The SMILES string of the molecule is Cc1nn(-c2cc(OC3CN(C(=O)N4N=CCC4c4cc(F)cc(F)c4)C3)c(F)cn2)c(C)c1C(=O)N1CCOCC1. The molecule has 0 saturated carbocycles. The summed E-state index contributed by atoms with van der Waals surface area (Å²) in [4.78, 5) is 33.6. The second-order valence-corrected chi connectivity index (χ2v) is 10.4. The molecule has 1 unspecified atom stereocenters. The number of likely N-dealkylation sites (tertiary alicyclic amines) is 1. The molecule has 0 bridgehead atoms. The number of hydrogen-bond acceptors (Lipinski definition) is 7. The largest absolute Gasteiger partial charge is 0.483 e. The highest BCUT2D eigenvalue weighted by Crippen LogP contribution is 2.32. The molecule has 1 atom stereocenters. The predicted octanol–water partition coefficient (Wildman–Crippen LogP) is 3.39. The molecule has 2 saturated heterocycles. The van der Waals surface area contributed by atoms with Gasteiger partial charge in [0.2, 0.25) is 0 Å². The number of nitrogens with zero attached hydrogens (tertiary/aromatic N) is 7. The van der Waals surface area contributed by atoms with Crippen LogP contribution in [0.4, 0.5) is 18.0 Å². The van der Waals surface area contributed by atoms with Crippen LogP contribution in [0.2, 0.25) is 0 Å². The predicted molar refractivity (Wildman–Crippen MR) is 143 cm³/mol. The summed E-state index contributed by atoms with van der Waals surface area (Å²) >= 11 is 0. The van der Waals surface area contributed by atoms with Gasteiger partial charge in [-0.1, -0.05) is 0 Å². The molecule has 3 aromatic rings. The minimum absolute atomic E-state index is 0.0713. The van der Waals surface area contributed by atoms with Crippen LogP contribution in [0.5, 0.6) is 5.75 Å². The Labute approximate surface area is 239 Å². The number of aryl methyl sites for hydroxylation is 1. The zero-order valence-electron chi connectivity index (χ0n) is 23.0. The van der Waals surface area contributed by atoms with Gasteiger partial charge in [-0.15, -0.1) is 0 Å². The lowest BCUT2D eigenvalue weighted by atomic mass is 10.0. The van der Waals surface area contributed by atoms with E-state index in [0.29, 0.717) is 55.2 Å². The molecule has 3 aliphatic heterocycles. The number of ether oxygens (including phenoxy) is 2. The molecule has 220 valence electrons. The lowest BCUT2D eigenvalue weighted by Gasteiger charge is -2.41. The summed E-state index contributed by atoms with van der Waals surface area (Å²) in [7, 11) is 0. The lowest BCUT2D eigenvalue weighted by molar-refractivity contribution is 0.0256. The first-order valence-electron chi connectivity index (χ1n) is 13.5. The van der Waals surface area contributed by atoms with Crippen LogP contribution in [0.15, 0.2) is 35.6 Å². The van der Waals surface area contributed by atoms with Crippen molar-refractivity contribution in [3.8, 4) is 11.6 Å². The molecule has 0 radical (unpaired) electrons. The second-order valence-electron chi connectivity index (χ2n) is 10.4. The first-order chi connectivity index (χ1) is 20.2. The Morgan fingerprint density at radius 3 is 2.43 bits per heavy atom. The van der Waals surface area contributed by atoms with E-state index < -0.39 is 35.6 Å². The Hall–Kier alpha value is -4.46. The van der Waals surface area contributed by atoms with Gasteiger partial charge in [0.05, 0.1) is 55.5 Å². The van der Waals surface area contributed by atoms with E-state index in [4.69, 9.17) is 9.47 Å². The molecule has 3 amide bonds. The van der Waals surface area contributed by atoms with E-state index in [9.17, 15) is 22.8 Å². The van der Waals surface area contributed by atoms with Crippen molar-refractivity contribution in [1.29, 1.82) is 0 Å². The van der Waals surface area contributed by atoms with Gasteiger partial charge >= 0.3 is 6.03 Å². The number of pyridine rings is 1. The molecule has 11 nitrogen and oxygen atoms in total. The van der Waals surface area contributed by atoms with Gasteiger partial charge in [-0.2, -0.15) is 10.2 Å². The zero-order chi connectivity index (χ0) is 29.5. The van der Waals surface area contributed by atoms with Crippen LogP contribution in [-0.2, 0) is 4.74 Å². The van der Waals surface area contributed by atoms with E-state index >= 15 is 0 Å².